The number of halogens is 3. The zero-order valence-electron chi connectivity index (χ0n) is 10.8. The summed E-state index contributed by atoms with van der Waals surface area (Å²) in [7, 11) is 0. The second-order valence-electron chi connectivity index (χ2n) is 5.25. The van der Waals surface area contributed by atoms with Crippen molar-refractivity contribution < 1.29 is 18.0 Å². The maximum atomic E-state index is 13.1. The summed E-state index contributed by atoms with van der Waals surface area (Å²) < 4.78 is 38.9. The number of nitrogens with one attached hydrogen (secondary N) is 1. The molecule has 0 bridgehead atoms. The molecule has 104 valence electrons. The number of hydrogen-bond donors (Lipinski definition) is 1. The number of rotatable bonds is 2. The molecule has 0 aromatic heterocycles. The number of hydrogen-bond acceptors (Lipinski definition) is 1. The lowest BCUT2D eigenvalue weighted by Gasteiger charge is -2.19. The van der Waals surface area contributed by atoms with Crippen LogP contribution in [0.2, 0.25) is 0 Å². The molecule has 1 aromatic rings. The number of carbonyl (C=O) groups excluding carboxylic acids is 1. The van der Waals surface area contributed by atoms with Crippen LogP contribution in [0.3, 0.4) is 0 Å². The van der Waals surface area contributed by atoms with E-state index >= 15 is 0 Å². The molecule has 19 heavy (non-hydrogen) atoms. The average molecular weight is 271 g/mol. The van der Waals surface area contributed by atoms with Gasteiger partial charge in [-0.15, -0.1) is 0 Å². The molecule has 0 spiro atoms. The van der Waals surface area contributed by atoms with E-state index in [0.29, 0.717) is 11.8 Å². The third-order valence-electron chi connectivity index (χ3n) is 4.03. The quantitative estimate of drug-likeness (QED) is 0.822. The van der Waals surface area contributed by atoms with Crippen LogP contribution in [0.1, 0.15) is 37.0 Å². The maximum absolute atomic E-state index is 13.1. The van der Waals surface area contributed by atoms with Crippen LogP contribution in [0, 0.1) is 29.3 Å². The van der Waals surface area contributed by atoms with Gasteiger partial charge in [-0.2, -0.15) is 0 Å². The minimum absolute atomic E-state index is 0.00123. The Morgan fingerprint density at radius 1 is 1.16 bits per heavy atom. The van der Waals surface area contributed by atoms with Crippen molar-refractivity contribution in [3.63, 3.8) is 0 Å². The number of amides is 1. The molecule has 3 unspecified atom stereocenters. The van der Waals surface area contributed by atoms with Gasteiger partial charge in [0.2, 0.25) is 0 Å². The fourth-order valence-corrected chi connectivity index (χ4v) is 2.51. The molecular weight excluding hydrogens is 255 g/mol. The highest BCUT2D eigenvalue weighted by Gasteiger charge is 2.31. The molecule has 2 rings (SSSR count). The van der Waals surface area contributed by atoms with E-state index in [-0.39, 0.29) is 11.6 Å². The second-order valence-corrected chi connectivity index (χ2v) is 5.25. The predicted octanol–water partition coefficient (Wildman–Crippen LogP) is 3.27. The molecule has 1 N–H and O–H groups in total. The third kappa shape index (κ3) is 2.74. The van der Waals surface area contributed by atoms with Crippen LogP contribution in [0.4, 0.5) is 13.2 Å². The molecule has 0 radical (unpaired) electrons. The van der Waals surface area contributed by atoms with E-state index < -0.39 is 23.4 Å². The van der Waals surface area contributed by atoms with Gasteiger partial charge in [-0.3, -0.25) is 4.79 Å². The largest absolute Gasteiger partial charge is 0.349 e. The van der Waals surface area contributed by atoms with Gasteiger partial charge in [0.25, 0.3) is 5.91 Å². The van der Waals surface area contributed by atoms with Crippen molar-refractivity contribution in [1.29, 1.82) is 0 Å². The smallest absolute Gasteiger partial charge is 0.251 e. The molecule has 1 aliphatic carbocycles. The van der Waals surface area contributed by atoms with Gasteiger partial charge in [0.1, 0.15) is 0 Å². The molecule has 0 heterocycles. The molecule has 1 fully saturated rings. The Kier molecular flexibility index (Phi) is 3.83. The van der Waals surface area contributed by atoms with Gasteiger partial charge < -0.3 is 5.32 Å². The van der Waals surface area contributed by atoms with Crippen LogP contribution in [0.25, 0.3) is 0 Å². The fraction of sp³-hybridized carbons (Fsp3) is 0.500. The zero-order chi connectivity index (χ0) is 14.2. The second kappa shape index (κ2) is 5.23. The highest BCUT2D eigenvalue weighted by atomic mass is 19.2. The molecule has 5 heteroatoms. The lowest BCUT2D eigenvalue weighted by Crippen LogP contribution is -2.37. The maximum Gasteiger partial charge on any atom is 0.251 e. The molecule has 1 amide bonds. The SMILES string of the molecule is CC1CCC(NC(=O)c2cc(F)c(F)c(F)c2)C1C. The summed E-state index contributed by atoms with van der Waals surface area (Å²) >= 11 is 0. The van der Waals surface area contributed by atoms with E-state index in [1.54, 1.807) is 0 Å². The minimum atomic E-state index is -1.56. The van der Waals surface area contributed by atoms with Crippen molar-refractivity contribution in [2.45, 2.75) is 32.7 Å². The summed E-state index contributed by atoms with van der Waals surface area (Å²) in [5.74, 6) is -4.00. The van der Waals surface area contributed by atoms with Crippen LogP contribution in [-0.4, -0.2) is 11.9 Å². The van der Waals surface area contributed by atoms with E-state index in [9.17, 15) is 18.0 Å². The van der Waals surface area contributed by atoms with Gasteiger partial charge in [0, 0.05) is 11.6 Å². The summed E-state index contributed by atoms with van der Waals surface area (Å²) in [6.07, 6.45) is 1.86. The lowest BCUT2D eigenvalue weighted by atomic mass is 9.97. The van der Waals surface area contributed by atoms with Gasteiger partial charge in [-0.1, -0.05) is 13.8 Å². The first-order chi connectivity index (χ1) is 8.90. The summed E-state index contributed by atoms with van der Waals surface area (Å²) in [5.41, 5.74) is -0.192. The average Bonchev–Trinajstić information content (AvgIpc) is 2.67. The Bertz CT molecular complexity index is 480. The molecule has 1 aliphatic rings. The minimum Gasteiger partial charge on any atom is -0.349 e. The molecule has 0 saturated heterocycles. The standard InChI is InChI=1S/C14H16F3NO/c1-7-3-4-12(8(7)2)18-14(19)9-5-10(15)13(17)11(16)6-9/h5-8,12H,3-4H2,1-2H3,(H,18,19). The molecule has 1 aromatic carbocycles. The summed E-state index contributed by atoms with van der Waals surface area (Å²) in [6, 6.07) is 1.44. The van der Waals surface area contributed by atoms with Crippen molar-refractivity contribution in [3.05, 3.63) is 35.1 Å². The Morgan fingerprint density at radius 2 is 1.74 bits per heavy atom. The first kappa shape index (κ1) is 13.9. The van der Waals surface area contributed by atoms with Crippen LogP contribution >= 0.6 is 0 Å². The van der Waals surface area contributed by atoms with Crippen LogP contribution in [0.5, 0.6) is 0 Å². The van der Waals surface area contributed by atoms with E-state index in [1.165, 1.54) is 0 Å². The normalized spacial score (nSPS) is 26.5. The van der Waals surface area contributed by atoms with E-state index in [0.717, 1.165) is 25.0 Å². The van der Waals surface area contributed by atoms with Crippen molar-refractivity contribution >= 4 is 5.91 Å². The zero-order valence-corrected chi connectivity index (χ0v) is 10.8. The highest BCUT2D eigenvalue weighted by molar-refractivity contribution is 5.94. The first-order valence-electron chi connectivity index (χ1n) is 6.35. The van der Waals surface area contributed by atoms with Gasteiger partial charge in [0.05, 0.1) is 0 Å². The van der Waals surface area contributed by atoms with Gasteiger partial charge in [0.15, 0.2) is 17.5 Å². The third-order valence-corrected chi connectivity index (χ3v) is 4.03. The first-order valence-corrected chi connectivity index (χ1v) is 6.35. The summed E-state index contributed by atoms with van der Waals surface area (Å²) in [4.78, 5) is 11.9. The molecular formula is C14H16F3NO. The molecule has 1 saturated carbocycles. The van der Waals surface area contributed by atoms with Crippen molar-refractivity contribution in [1.82, 2.24) is 5.32 Å². The number of benzene rings is 1. The molecule has 0 aliphatic heterocycles. The molecule has 3 atom stereocenters. The lowest BCUT2D eigenvalue weighted by molar-refractivity contribution is 0.0926. The Labute approximate surface area is 110 Å². The monoisotopic (exact) mass is 271 g/mol. The number of carbonyl (C=O) groups is 1. The van der Waals surface area contributed by atoms with Crippen LogP contribution in [0.15, 0.2) is 12.1 Å². The molecule has 2 nitrogen and oxygen atoms in total. The topological polar surface area (TPSA) is 29.1 Å². The van der Waals surface area contributed by atoms with Crippen molar-refractivity contribution in [2.75, 3.05) is 0 Å². The summed E-state index contributed by atoms with van der Waals surface area (Å²) in [6.45, 7) is 4.14. The fourth-order valence-electron chi connectivity index (χ4n) is 2.51. The Morgan fingerprint density at radius 3 is 2.21 bits per heavy atom. The Balaban J connectivity index is 2.13. The highest BCUT2D eigenvalue weighted by Crippen LogP contribution is 2.31. The Hall–Kier alpha value is -1.52. The van der Waals surface area contributed by atoms with E-state index in [2.05, 4.69) is 12.2 Å². The predicted molar refractivity (Wildman–Crippen MR) is 65.1 cm³/mol. The van der Waals surface area contributed by atoms with Gasteiger partial charge in [-0.25, -0.2) is 13.2 Å². The summed E-state index contributed by atoms with van der Waals surface area (Å²) in [5, 5.41) is 2.75. The van der Waals surface area contributed by atoms with Crippen LogP contribution < -0.4 is 5.32 Å². The van der Waals surface area contributed by atoms with Crippen molar-refractivity contribution in [2.24, 2.45) is 11.8 Å². The van der Waals surface area contributed by atoms with E-state index in [4.69, 9.17) is 0 Å². The van der Waals surface area contributed by atoms with Crippen molar-refractivity contribution in [3.8, 4) is 0 Å². The van der Waals surface area contributed by atoms with Gasteiger partial charge in [-0.05, 0) is 36.8 Å². The van der Waals surface area contributed by atoms with Gasteiger partial charge >= 0.3 is 0 Å². The van der Waals surface area contributed by atoms with Crippen LogP contribution in [-0.2, 0) is 0 Å². The van der Waals surface area contributed by atoms with E-state index in [1.807, 2.05) is 6.92 Å².